The molecule has 0 aliphatic rings. The van der Waals surface area contributed by atoms with E-state index in [0.29, 0.717) is 11.1 Å². The van der Waals surface area contributed by atoms with E-state index in [1.54, 1.807) is 11.3 Å². The molecule has 2 aromatic rings. The van der Waals surface area contributed by atoms with Crippen molar-refractivity contribution in [2.75, 3.05) is 13.6 Å². The van der Waals surface area contributed by atoms with Crippen molar-refractivity contribution in [3.63, 3.8) is 0 Å². The van der Waals surface area contributed by atoms with Crippen LogP contribution in [-0.2, 0) is 6.54 Å². The molecule has 20 heavy (non-hydrogen) atoms. The first-order valence-corrected chi connectivity index (χ1v) is 8.22. The van der Waals surface area contributed by atoms with E-state index in [4.69, 9.17) is 11.6 Å². The Morgan fingerprint density at radius 3 is 2.65 bits per heavy atom. The molecule has 0 aromatic carbocycles. The number of rotatable bonds is 5. The molecule has 0 amide bonds. The van der Waals surface area contributed by atoms with Gasteiger partial charge < -0.3 is 0 Å². The maximum absolute atomic E-state index is 6.33. The lowest BCUT2D eigenvalue weighted by Crippen LogP contribution is -2.24. The van der Waals surface area contributed by atoms with Gasteiger partial charge in [0.05, 0.1) is 11.9 Å². The van der Waals surface area contributed by atoms with Gasteiger partial charge in [-0.2, -0.15) is 0 Å². The number of halogens is 1. The third-order valence-electron chi connectivity index (χ3n) is 3.76. The highest BCUT2D eigenvalue weighted by Crippen LogP contribution is 2.32. The Kier molecular flexibility index (Phi) is 4.99. The molecule has 0 N–H and O–H groups in total. The summed E-state index contributed by atoms with van der Waals surface area (Å²) in [5.74, 6) is 1.50. The van der Waals surface area contributed by atoms with Crippen molar-refractivity contribution in [3.05, 3.63) is 21.4 Å². The van der Waals surface area contributed by atoms with Gasteiger partial charge in [0, 0.05) is 11.4 Å². The summed E-state index contributed by atoms with van der Waals surface area (Å²) in [6.45, 7) is 10.5. The van der Waals surface area contributed by atoms with Crippen molar-refractivity contribution in [3.8, 4) is 0 Å². The van der Waals surface area contributed by atoms with E-state index in [-0.39, 0.29) is 0 Å². The number of aromatic nitrogens is 2. The molecule has 0 saturated heterocycles. The molecule has 5 heteroatoms. The number of hydrogen-bond acceptors (Lipinski definition) is 4. The largest absolute Gasteiger partial charge is 0.299 e. The Morgan fingerprint density at radius 1 is 1.30 bits per heavy atom. The normalized spacial score (nSPS) is 13.3. The molecular weight excluding hydrogens is 290 g/mol. The lowest BCUT2D eigenvalue weighted by Gasteiger charge is -2.19. The van der Waals surface area contributed by atoms with Crippen LogP contribution < -0.4 is 0 Å². The SMILES string of the molecule is CCC(C)CN(C)Cc1nc(Cl)c2c(C)c(C)sc2n1. The summed E-state index contributed by atoms with van der Waals surface area (Å²) in [6.07, 6.45) is 1.19. The van der Waals surface area contributed by atoms with Crippen LogP contribution in [0.4, 0.5) is 0 Å². The van der Waals surface area contributed by atoms with Gasteiger partial charge in [-0.05, 0) is 32.4 Å². The maximum atomic E-state index is 6.33. The van der Waals surface area contributed by atoms with Gasteiger partial charge in [-0.25, -0.2) is 9.97 Å². The van der Waals surface area contributed by atoms with Gasteiger partial charge in [0.25, 0.3) is 0 Å². The number of aryl methyl sites for hydroxylation is 2. The quantitative estimate of drug-likeness (QED) is 0.764. The average molecular weight is 312 g/mol. The number of fused-ring (bicyclic) bond motifs is 1. The lowest BCUT2D eigenvalue weighted by atomic mass is 10.1. The first-order valence-electron chi connectivity index (χ1n) is 7.03. The van der Waals surface area contributed by atoms with Gasteiger partial charge in [0.15, 0.2) is 0 Å². The summed E-state index contributed by atoms with van der Waals surface area (Å²) in [7, 11) is 2.11. The molecular formula is C15H22ClN3S. The van der Waals surface area contributed by atoms with E-state index in [1.165, 1.54) is 16.9 Å². The van der Waals surface area contributed by atoms with Crippen molar-refractivity contribution in [2.24, 2.45) is 5.92 Å². The monoisotopic (exact) mass is 311 g/mol. The average Bonchev–Trinajstić information content (AvgIpc) is 2.64. The standard InChI is InChI=1S/C15H22ClN3S/c1-6-9(2)7-19(5)8-12-17-14(16)13-10(3)11(4)20-15(13)18-12/h9H,6-8H2,1-5H3. The van der Waals surface area contributed by atoms with Crippen molar-refractivity contribution >= 4 is 33.2 Å². The van der Waals surface area contributed by atoms with Crippen molar-refractivity contribution in [2.45, 2.75) is 40.7 Å². The Bertz CT molecular complexity index is 609. The summed E-state index contributed by atoms with van der Waals surface area (Å²) in [5, 5.41) is 1.60. The minimum atomic E-state index is 0.587. The van der Waals surface area contributed by atoms with Crippen LogP contribution in [0.25, 0.3) is 10.2 Å². The number of thiophene rings is 1. The van der Waals surface area contributed by atoms with Gasteiger partial charge in [-0.15, -0.1) is 11.3 Å². The topological polar surface area (TPSA) is 29.0 Å². The van der Waals surface area contributed by atoms with E-state index >= 15 is 0 Å². The minimum absolute atomic E-state index is 0.587. The smallest absolute Gasteiger partial charge is 0.145 e. The van der Waals surface area contributed by atoms with Crippen molar-refractivity contribution < 1.29 is 0 Å². The molecule has 0 radical (unpaired) electrons. The maximum Gasteiger partial charge on any atom is 0.145 e. The first kappa shape index (κ1) is 15.7. The van der Waals surface area contributed by atoms with Crippen LogP contribution in [0.3, 0.4) is 0 Å². The molecule has 110 valence electrons. The van der Waals surface area contributed by atoms with E-state index in [9.17, 15) is 0 Å². The molecule has 0 aliphatic carbocycles. The predicted molar refractivity (Wildman–Crippen MR) is 87.7 cm³/mol. The van der Waals surface area contributed by atoms with Crippen molar-refractivity contribution in [1.29, 1.82) is 0 Å². The highest BCUT2D eigenvalue weighted by molar-refractivity contribution is 7.18. The molecule has 2 rings (SSSR count). The molecule has 0 spiro atoms. The lowest BCUT2D eigenvalue weighted by molar-refractivity contribution is 0.269. The van der Waals surface area contributed by atoms with Crippen molar-refractivity contribution in [1.82, 2.24) is 14.9 Å². The zero-order valence-electron chi connectivity index (χ0n) is 12.8. The van der Waals surface area contributed by atoms with Gasteiger partial charge in [-0.3, -0.25) is 4.90 Å². The van der Waals surface area contributed by atoms with Crippen LogP contribution in [0.15, 0.2) is 0 Å². The van der Waals surface area contributed by atoms with Crippen LogP contribution in [0, 0.1) is 19.8 Å². The summed E-state index contributed by atoms with van der Waals surface area (Å²) in [4.78, 5) is 13.7. The highest BCUT2D eigenvalue weighted by Gasteiger charge is 2.14. The van der Waals surface area contributed by atoms with Gasteiger partial charge in [0.1, 0.15) is 15.8 Å². The fourth-order valence-electron chi connectivity index (χ4n) is 2.28. The molecule has 0 aliphatic heterocycles. The zero-order chi connectivity index (χ0) is 14.9. The van der Waals surface area contributed by atoms with E-state index in [0.717, 1.165) is 29.1 Å². The molecule has 2 heterocycles. The molecule has 0 bridgehead atoms. The van der Waals surface area contributed by atoms with Crippen LogP contribution in [0.1, 0.15) is 36.5 Å². The molecule has 3 nitrogen and oxygen atoms in total. The second-order valence-corrected chi connectivity index (χ2v) is 7.17. The van der Waals surface area contributed by atoms with Gasteiger partial charge >= 0.3 is 0 Å². The number of nitrogens with zero attached hydrogens (tertiary/aromatic N) is 3. The molecule has 1 unspecified atom stereocenters. The van der Waals surface area contributed by atoms with Crippen LogP contribution >= 0.6 is 22.9 Å². The summed E-state index contributed by atoms with van der Waals surface area (Å²) < 4.78 is 0. The highest BCUT2D eigenvalue weighted by atomic mass is 35.5. The second kappa shape index (κ2) is 6.37. The van der Waals surface area contributed by atoms with Crippen LogP contribution in [-0.4, -0.2) is 28.5 Å². The summed E-state index contributed by atoms with van der Waals surface area (Å²) in [6, 6.07) is 0. The fourth-order valence-corrected chi connectivity index (χ4v) is 3.71. The molecule has 1 atom stereocenters. The Balaban J connectivity index is 2.23. The molecule has 2 aromatic heterocycles. The third-order valence-corrected chi connectivity index (χ3v) is 5.14. The molecule has 0 fully saturated rings. The van der Waals surface area contributed by atoms with E-state index < -0.39 is 0 Å². The first-order chi connectivity index (χ1) is 9.42. The van der Waals surface area contributed by atoms with Gasteiger partial charge in [-0.1, -0.05) is 31.9 Å². The Morgan fingerprint density at radius 2 is 2.00 bits per heavy atom. The van der Waals surface area contributed by atoms with Crippen LogP contribution in [0.5, 0.6) is 0 Å². The number of hydrogen-bond donors (Lipinski definition) is 0. The fraction of sp³-hybridized carbons (Fsp3) is 0.600. The Labute approximate surface area is 130 Å². The van der Waals surface area contributed by atoms with Crippen LogP contribution in [0.2, 0.25) is 5.15 Å². The predicted octanol–water partition coefficient (Wildman–Crippen LogP) is 4.44. The second-order valence-electron chi connectivity index (χ2n) is 5.60. The Hall–Kier alpha value is -0.710. The van der Waals surface area contributed by atoms with Gasteiger partial charge in [0.2, 0.25) is 0 Å². The minimum Gasteiger partial charge on any atom is -0.299 e. The summed E-state index contributed by atoms with van der Waals surface area (Å²) >= 11 is 8.03. The van der Waals surface area contributed by atoms with E-state index in [2.05, 4.69) is 49.6 Å². The summed E-state index contributed by atoms with van der Waals surface area (Å²) in [5.41, 5.74) is 1.20. The third kappa shape index (κ3) is 3.30. The zero-order valence-corrected chi connectivity index (χ0v) is 14.4. The van der Waals surface area contributed by atoms with E-state index in [1.807, 2.05) is 0 Å². The molecule has 0 saturated carbocycles.